The fraction of sp³-hybridized carbons (Fsp3) is 0.579. The number of carbonyl (C=O) groups excluding carboxylic acids is 2. The van der Waals surface area contributed by atoms with Gasteiger partial charge in [0.05, 0.1) is 0 Å². The van der Waals surface area contributed by atoms with Gasteiger partial charge in [0, 0.05) is 44.9 Å². The molecular weight excluding hydrogens is 377 g/mol. The molecule has 1 saturated heterocycles. The van der Waals surface area contributed by atoms with Crippen LogP contribution in [0.25, 0.3) is 0 Å². The molecule has 1 aliphatic rings. The molecule has 28 heavy (non-hydrogen) atoms. The number of hydrogen-bond donors (Lipinski definition) is 0. The summed E-state index contributed by atoms with van der Waals surface area (Å²) in [7, 11) is 0. The lowest BCUT2D eigenvalue weighted by atomic mass is 10.1. The highest BCUT2D eigenvalue weighted by molar-refractivity contribution is 5.94. The van der Waals surface area contributed by atoms with Crippen molar-refractivity contribution in [2.75, 3.05) is 52.5 Å². The minimum absolute atomic E-state index is 0.0613. The van der Waals surface area contributed by atoms with Gasteiger partial charge in [-0.25, -0.2) is 0 Å². The second kappa shape index (κ2) is 10.4. The highest BCUT2D eigenvalue weighted by Crippen LogP contribution is 2.15. The van der Waals surface area contributed by atoms with Crippen LogP contribution in [0.15, 0.2) is 24.3 Å². The summed E-state index contributed by atoms with van der Waals surface area (Å²) in [5.74, 6) is 0.261. The van der Waals surface area contributed by atoms with Gasteiger partial charge in [0.1, 0.15) is 12.4 Å². The summed E-state index contributed by atoms with van der Waals surface area (Å²) in [4.78, 5) is 27.5. The fourth-order valence-electron chi connectivity index (χ4n) is 2.84. The van der Waals surface area contributed by atoms with Gasteiger partial charge in [0.15, 0.2) is 12.4 Å². The molecule has 1 heterocycles. The maximum Gasteiger partial charge on any atom is 0.411 e. The molecule has 6 nitrogen and oxygen atoms in total. The number of halogens is 3. The number of rotatable bonds is 9. The van der Waals surface area contributed by atoms with Crippen LogP contribution in [0.4, 0.5) is 13.2 Å². The third-order valence-electron chi connectivity index (χ3n) is 4.36. The van der Waals surface area contributed by atoms with Gasteiger partial charge in [-0.2, -0.15) is 13.2 Å². The Kier molecular flexibility index (Phi) is 8.25. The van der Waals surface area contributed by atoms with E-state index in [0.717, 1.165) is 0 Å². The second-order valence-electron chi connectivity index (χ2n) is 6.62. The maximum atomic E-state index is 12.3. The van der Waals surface area contributed by atoms with Crippen LogP contribution < -0.4 is 4.74 Å². The minimum atomic E-state index is -4.29. The molecule has 0 N–H and O–H groups in total. The number of alkyl halides is 3. The normalized spacial score (nSPS) is 15.5. The van der Waals surface area contributed by atoms with Gasteiger partial charge in [-0.3, -0.25) is 14.5 Å². The zero-order chi connectivity index (χ0) is 20.6. The van der Waals surface area contributed by atoms with Crippen molar-refractivity contribution in [2.24, 2.45) is 0 Å². The molecule has 2 rings (SSSR count). The molecule has 0 radical (unpaired) electrons. The van der Waals surface area contributed by atoms with Crippen molar-refractivity contribution in [1.82, 2.24) is 9.80 Å². The number of ether oxygens (including phenoxy) is 2. The Labute approximate surface area is 162 Å². The Hall–Kier alpha value is -2.13. The highest BCUT2D eigenvalue weighted by Gasteiger charge is 2.27. The van der Waals surface area contributed by atoms with E-state index in [0.29, 0.717) is 50.5 Å². The van der Waals surface area contributed by atoms with Gasteiger partial charge in [0.25, 0.3) is 5.91 Å². The third-order valence-corrected chi connectivity index (χ3v) is 4.36. The molecule has 1 aromatic rings. The van der Waals surface area contributed by atoms with Crippen LogP contribution in [0.3, 0.4) is 0 Å². The number of nitrogens with zero attached hydrogens (tertiary/aromatic N) is 2. The number of ketones is 1. The van der Waals surface area contributed by atoms with Gasteiger partial charge in [-0.15, -0.1) is 0 Å². The predicted octanol–water partition coefficient (Wildman–Crippen LogP) is 2.38. The van der Waals surface area contributed by atoms with Gasteiger partial charge >= 0.3 is 6.18 Å². The Morgan fingerprint density at radius 1 is 1.14 bits per heavy atom. The number of carbonyl (C=O) groups is 2. The third kappa shape index (κ3) is 7.85. The van der Waals surface area contributed by atoms with Crippen LogP contribution in [0.1, 0.15) is 23.7 Å². The minimum Gasteiger partial charge on any atom is -0.484 e. The van der Waals surface area contributed by atoms with Crippen molar-refractivity contribution < 1.29 is 32.2 Å². The van der Waals surface area contributed by atoms with E-state index in [1.54, 1.807) is 29.2 Å². The quantitative estimate of drug-likeness (QED) is 0.469. The summed E-state index contributed by atoms with van der Waals surface area (Å²) in [6.45, 7) is 3.23. The topological polar surface area (TPSA) is 59.1 Å². The van der Waals surface area contributed by atoms with Crippen LogP contribution in [0.2, 0.25) is 0 Å². The number of piperazine rings is 1. The molecule has 0 saturated carbocycles. The molecule has 1 fully saturated rings. The van der Waals surface area contributed by atoms with E-state index in [-0.39, 0.29) is 24.9 Å². The number of Topliss-reactive ketones (excluding diaryl/α,β-unsaturated/α-hetero) is 1. The SMILES string of the molecule is CC(=O)c1cccc(OCC(=O)N2CCN(CCCOCC(F)(F)F)CC2)c1. The molecule has 1 aromatic carbocycles. The van der Waals surface area contributed by atoms with Gasteiger partial charge in [-0.1, -0.05) is 12.1 Å². The van der Waals surface area contributed by atoms with E-state index < -0.39 is 12.8 Å². The smallest absolute Gasteiger partial charge is 0.411 e. The number of amides is 1. The lowest BCUT2D eigenvalue weighted by Gasteiger charge is -2.34. The van der Waals surface area contributed by atoms with E-state index in [1.165, 1.54) is 6.92 Å². The summed E-state index contributed by atoms with van der Waals surface area (Å²) in [6.07, 6.45) is -3.78. The molecule has 1 aliphatic heterocycles. The molecule has 1 amide bonds. The Balaban J connectivity index is 1.64. The summed E-state index contributed by atoms with van der Waals surface area (Å²) < 4.78 is 46.0. The Morgan fingerprint density at radius 2 is 1.86 bits per heavy atom. The van der Waals surface area contributed by atoms with E-state index >= 15 is 0 Å². The van der Waals surface area contributed by atoms with Crippen molar-refractivity contribution in [3.05, 3.63) is 29.8 Å². The Bertz CT molecular complexity index is 659. The molecular formula is C19H25F3N2O4. The first-order chi connectivity index (χ1) is 13.2. The second-order valence-corrected chi connectivity index (χ2v) is 6.62. The van der Waals surface area contributed by atoms with Crippen molar-refractivity contribution >= 4 is 11.7 Å². The molecule has 156 valence electrons. The zero-order valence-corrected chi connectivity index (χ0v) is 15.8. The molecule has 0 bridgehead atoms. The predicted molar refractivity (Wildman–Crippen MR) is 96.5 cm³/mol. The Morgan fingerprint density at radius 3 is 2.50 bits per heavy atom. The summed E-state index contributed by atoms with van der Waals surface area (Å²) in [5, 5.41) is 0. The molecule has 0 spiro atoms. The monoisotopic (exact) mass is 402 g/mol. The van der Waals surface area contributed by atoms with Crippen molar-refractivity contribution in [3.8, 4) is 5.75 Å². The van der Waals surface area contributed by atoms with Gasteiger partial charge < -0.3 is 14.4 Å². The fourth-order valence-corrected chi connectivity index (χ4v) is 2.84. The molecule has 0 atom stereocenters. The first kappa shape index (κ1) is 22.2. The van der Waals surface area contributed by atoms with E-state index in [2.05, 4.69) is 9.64 Å². The summed E-state index contributed by atoms with van der Waals surface area (Å²) >= 11 is 0. The zero-order valence-electron chi connectivity index (χ0n) is 15.8. The van der Waals surface area contributed by atoms with Gasteiger partial charge in [-0.05, 0) is 25.5 Å². The first-order valence-electron chi connectivity index (χ1n) is 9.13. The van der Waals surface area contributed by atoms with Crippen LogP contribution in [-0.2, 0) is 9.53 Å². The standard InChI is InChI=1S/C19H25F3N2O4/c1-15(25)16-4-2-5-17(12-16)28-13-18(26)24-9-7-23(8-10-24)6-3-11-27-14-19(20,21)22/h2,4-5,12H,3,6-11,13-14H2,1H3. The average Bonchev–Trinajstić information content (AvgIpc) is 2.65. The molecule has 0 aliphatic carbocycles. The molecule has 9 heteroatoms. The average molecular weight is 402 g/mol. The van der Waals surface area contributed by atoms with Crippen LogP contribution >= 0.6 is 0 Å². The summed E-state index contributed by atoms with van der Waals surface area (Å²) in [6, 6.07) is 6.69. The number of benzene rings is 1. The van der Waals surface area contributed by atoms with E-state index in [4.69, 9.17) is 4.74 Å². The summed E-state index contributed by atoms with van der Waals surface area (Å²) in [5.41, 5.74) is 0.526. The largest absolute Gasteiger partial charge is 0.484 e. The van der Waals surface area contributed by atoms with Crippen LogP contribution in [0, 0.1) is 0 Å². The first-order valence-corrected chi connectivity index (χ1v) is 9.13. The molecule has 0 aromatic heterocycles. The van der Waals surface area contributed by atoms with Crippen molar-refractivity contribution in [1.29, 1.82) is 0 Å². The number of hydrogen-bond acceptors (Lipinski definition) is 5. The maximum absolute atomic E-state index is 12.3. The van der Waals surface area contributed by atoms with Crippen LogP contribution in [0.5, 0.6) is 5.75 Å². The van der Waals surface area contributed by atoms with E-state index in [9.17, 15) is 22.8 Å². The lowest BCUT2D eigenvalue weighted by molar-refractivity contribution is -0.174. The van der Waals surface area contributed by atoms with Crippen LogP contribution in [-0.4, -0.2) is 80.2 Å². The lowest BCUT2D eigenvalue weighted by Crippen LogP contribution is -2.50. The van der Waals surface area contributed by atoms with E-state index in [1.807, 2.05) is 0 Å². The van der Waals surface area contributed by atoms with Crippen molar-refractivity contribution in [2.45, 2.75) is 19.5 Å². The van der Waals surface area contributed by atoms with Gasteiger partial charge in [0.2, 0.25) is 0 Å². The highest BCUT2D eigenvalue weighted by atomic mass is 19.4. The van der Waals surface area contributed by atoms with Crippen molar-refractivity contribution in [3.63, 3.8) is 0 Å². The molecule has 0 unspecified atom stereocenters.